The van der Waals surface area contributed by atoms with Gasteiger partial charge in [-0.15, -0.1) is 0 Å². The van der Waals surface area contributed by atoms with Gasteiger partial charge in [0.2, 0.25) is 11.8 Å². The van der Waals surface area contributed by atoms with Crippen LogP contribution in [0.3, 0.4) is 0 Å². The van der Waals surface area contributed by atoms with Crippen molar-refractivity contribution in [1.29, 1.82) is 0 Å². The van der Waals surface area contributed by atoms with Crippen LogP contribution in [0.2, 0.25) is 0 Å². The molecule has 2 aliphatic heterocycles. The molecule has 0 aliphatic carbocycles. The highest BCUT2D eigenvalue weighted by molar-refractivity contribution is 6.06. The number of nitrogens with one attached hydrogen (secondary N) is 2. The number of imide groups is 1. The predicted octanol–water partition coefficient (Wildman–Crippen LogP) is 3.36. The van der Waals surface area contributed by atoms with E-state index in [0.717, 1.165) is 50.0 Å². The number of carbonyl (C=O) groups excluding carboxylic acids is 4. The minimum absolute atomic E-state index is 0.159. The van der Waals surface area contributed by atoms with Crippen LogP contribution >= 0.6 is 0 Å². The third-order valence-electron chi connectivity index (χ3n) is 6.20. The van der Waals surface area contributed by atoms with Crippen LogP contribution in [0, 0.1) is 0 Å². The normalized spacial score (nSPS) is 17.8. The Morgan fingerprint density at radius 1 is 1.17 bits per heavy atom. The molecule has 2 N–H and O–H groups in total. The van der Waals surface area contributed by atoms with Gasteiger partial charge in [0.1, 0.15) is 11.6 Å². The molecule has 2 aliphatic rings. The first-order valence-corrected chi connectivity index (χ1v) is 12.6. The number of benzene rings is 1. The van der Waals surface area contributed by atoms with Crippen LogP contribution in [0.1, 0.15) is 82.1 Å². The Morgan fingerprint density at radius 3 is 2.60 bits per heavy atom. The first-order chi connectivity index (χ1) is 16.6. The van der Waals surface area contributed by atoms with E-state index in [0.29, 0.717) is 25.1 Å². The van der Waals surface area contributed by atoms with E-state index in [4.69, 9.17) is 4.74 Å². The third-order valence-corrected chi connectivity index (χ3v) is 6.20. The van der Waals surface area contributed by atoms with Crippen molar-refractivity contribution in [3.05, 3.63) is 29.3 Å². The number of unbranched alkanes of at least 4 members (excludes halogenated alkanes) is 2. The zero-order valence-electron chi connectivity index (χ0n) is 21.3. The number of amides is 4. The fraction of sp³-hybridized carbons (Fsp3) is 0.615. The molecule has 0 bridgehead atoms. The number of ether oxygens (including phenoxy) is 1. The number of piperidine rings is 1. The van der Waals surface area contributed by atoms with Crippen molar-refractivity contribution < 1.29 is 23.9 Å². The molecule has 1 aromatic carbocycles. The highest BCUT2D eigenvalue weighted by Gasteiger charge is 2.40. The van der Waals surface area contributed by atoms with E-state index in [2.05, 4.69) is 22.5 Å². The molecule has 1 unspecified atom stereocenters. The van der Waals surface area contributed by atoms with Crippen LogP contribution in [0.5, 0.6) is 0 Å². The third kappa shape index (κ3) is 6.96. The Labute approximate surface area is 207 Å². The quantitative estimate of drug-likeness (QED) is 0.388. The summed E-state index contributed by atoms with van der Waals surface area (Å²) in [6, 6.07) is 5.12. The minimum atomic E-state index is -0.622. The van der Waals surface area contributed by atoms with Gasteiger partial charge in [-0.3, -0.25) is 19.7 Å². The molecule has 1 saturated heterocycles. The first kappa shape index (κ1) is 26.5. The lowest BCUT2D eigenvalue weighted by Crippen LogP contribution is -2.52. The number of alkyl carbamates (subject to hydrolysis) is 1. The van der Waals surface area contributed by atoms with E-state index in [1.807, 2.05) is 39.0 Å². The van der Waals surface area contributed by atoms with E-state index in [-0.39, 0.29) is 18.2 Å². The minimum Gasteiger partial charge on any atom is -0.444 e. The van der Waals surface area contributed by atoms with Crippen LogP contribution in [-0.2, 0) is 20.9 Å². The summed E-state index contributed by atoms with van der Waals surface area (Å²) in [4.78, 5) is 52.9. The lowest BCUT2D eigenvalue weighted by atomic mass is 10.0. The van der Waals surface area contributed by atoms with Crippen molar-refractivity contribution in [3.63, 3.8) is 0 Å². The van der Waals surface area contributed by atoms with Gasteiger partial charge in [-0.2, -0.15) is 0 Å². The first-order valence-electron chi connectivity index (χ1n) is 12.6. The monoisotopic (exact) mass is 486 g/mol. The van der Waals surface area contributed by atoms with Crippen molar-refractivity contribution >= 4 is 29.5 Å². The molecule has 1 fully saturated rings. The maximum Gasteiger partial charge on any atom is 0.407 e. The molecule has 0 aromatic heterocycles. The second-order valence-electron chi connectivity index (χ2n) is 10.2. The highest BCUT2D eigenvalue weighted by Crippen LogP contribution is 2.34. The van der Waals surface area contributed by atoms with Crippen LogP contribution in [0.15, 0.2) is 18.2 Å². The van der Waals surface area contributed by atoms with Gasteiger partial charge in [-0.1, -0.05) is 19.4 Å². The Morgan fingerprint density at radius 2 is 1.91 bits per heavy atom. The molecule has 192 valence electrons. The van der Waals surface area contributed by atoms with Gasteiger partial charge in [-0.25, -0.2) is 4.79 Å². The van der Waals surface area contributed by atoms with Crippen molar-refractivity contribution in [2.45, 2.75) is 84.4 Å². The Kier molecular flexibility index (Phi) is 8.75. The van der Waals surface area contributed by atoms with Crippen molar-refractivity contribution in [3.8, 4) is 0 Å². The summed E-state index contributed by atoms with van der Waals surface area (Å²) < 4.78 is 5.28. The number of anilines is 1. The second kappa shape index (κ2) is 11.6. The maximum atomic E-state index is 13.2. The number of carbonyl (C=O) groups is 4. The molecule has 0 saturated carbocycles. The smallest absolute Gasteiger partial charge is 0.407 e. The Bertz CT molecular complexity index is 956. The summed E-state index contributed by atoms with van der Waals surface area (Å²) in [6.45, 7) is 10.2. The zero-order valence-corrected chi connectivity index (χ0v) is 21.3. The van der Waals surface area contributed by atoms with Crippen LogP contribution < -0.4 is 15.5 Å². The molecule has 0 spiro atoms. The molecule has 1 aromatic rings. The summed E-state index contributed by atoms with van der Waals surface area (Å²) in [5.41, 5.74) is 2.05. The summed E-state index contributed by atoms with van der Waals surface area (Å²) in [5.74, 6) is -0.847. The van der Waals surface area contributed by atoms with E-state index >= 15 is 0 Å². The average Bonchev–Trinajstić information content (AvgIpc) is 3.11. The zero-order chi connectivity index (χ0) is 25.6. The van der Waals surface area contributed by atoms with Gasteiger partial charge in [0.15, 0.2) is 0 Å². The second-order valence-corrected chi connectivity index (χ2v) is 10.2. The van der Waals surface area contributed by atoms with Gasteiger partial charge >= 0.3 is 6.09 Å². The number of fused-ring (bicyclic) bond motifs is 1. The molecule has 1 atom stereocenters. The topological polar surface area (TPSA) is 108 Å². The fourth-order valence-corrected chi connectivity index (χ4v) is 4.50. The SMILES string of the molecule is CCCCN(CCCCNC(=O)OC(C)(C)C)c1cccc2c1CN(C1CCC(=O)NC1=O)C2=O. The van der Waals surface area contributed by atoms with E-state index in [1.165, 1.54) is 0 Å². The molecule has 9 nitrogen and oxygen atoms in total. The van der Waals surface area contributed by atoms with Crippen LogP contribution in [-0.4, -0.2) is 60.0 Å². The molecular formula is C26H38N4O5. The van der Waals surface area contributed by atoms with E-state index in [1.54, 1.807) is 4.90 Å². The molecule has 9 heteroatoms. The lowest BCUT2D eigenvalue weighted by molar-refractivity contribution is -0.136. The largest absolute Gasteiger partial charge is 0.444 e. The van der Waals surface area contributed by atoms with Gasteiger partial charge in [0, 0.05) is 49.4 Å². The van der Waals surface area contributed by atoms with E-state index in [9.17, 15) is 19.2 Å². The maximum absolute atomic E-state index is 13.2. The summed E-state index contributed by atoms with van der Waals surface area (Å²) in [7, 11) is 0. The summed E-state index contributed by atoms with van der Waals surface area (Å²) in [6.07, 6.45) is 3.92. The van der Waals surface area contributed by atoms with Crippen LogP contribution in [0.25, 0.3) is 0 Å². The molecule has 35 heavy (non-hydrogen) atoms. The molecule has 0 radical (unpaired) electrons. The average molecular weight is 487 g/mol. The van der Waals surface area contributed by atoms with Gasteiger partial charge in [0.25, 0.3) is 5.91 Å². The number of rotatable bonds is 10. The van der Waals surface area contributed by atoms with Crippen LogP contribution in [0.4, 0.5) is 10.5 Å². The predicted molar refractivity (Wildman–Crippen MR) is 133 cm³/mol. The molecule has 4 amide bonds. The van der Waals surface area contributed by atoms with Gasteiger partial charge < -0.3 is 19.9 Å². The molecular weight excluding hydrogens is 448 g/mol. The summed E-state index contributed by atoms with van der Waals surface area (Å²) in [5, 5.41) is 5.16. The Hall–Kier alpha value is -3.10. The Balaban J connectivity index is 1.65. The van der Waals surface area contributed by atoms with Crippen molar-refractivity contribution in [2.75, 3.05) is 24.5 Å². The number of hydrogen-bond acceptors (Lipinski definition) is 6. The van der Waals surface area contributed by atoms with Gasteiger partial charge in [-0.05, 0) is 58.6 Å². The van der Waals surface area contributed by atoms with Crippen molar-refractivity contribution in [2.24, 2.45) is 0 Å². The summed E-state index contributed by atoms with van der Waals surface area (Å²) >= 11 is 0. The van der Waals surface area contributed by atoms with Gasteiger partial charge in [0.05, 0.1) is 0 Å². The van der Waals surface area contributed by atoms with Crippen molar-refractivity contribution in [1.82, 2.24) is 15.5 Å². The molecule has 2 heterocycles. The number of nitrogens with zero attached hydrogens (tertiary/aromatic N) is 2. The molecule has 3 rings (SSSR count). The van der Waals surface area contributed by atoms with E-state index < -0.39 is 23.6 Å². The lowest BCUT2D eigenvalue weighted by Gasteiger charge is -2.30. The standard InChI is InChI=1S/C26H38N4O5/c1-5-6-15-29(16-8-7-14-27-25(34)35-26(2,3)4)20-11-9-10-18-19(20)17-30(24(18)33)21-12-13-22(31)28-23(21)32/h9-11,21H,5-8,12-17H2,1-4H3,(H,27,34)(H,28,31,32). The number of hydrogen-bond donors (Lipinski definition) is 2. The highest BCUT2D eigenvalue weighted by atomic mass is 16.6. The fourth-order valence-electron chi connectivity index (χ4n) is 4.50.